The van der Waals surface area contributed by atoms with Crippen LogP contribution in [0.3, 0.4) is 0 Å². The molecule has 0 radical (unpaired) electrons. The average molecular weight is 298 g/mol. The molecule has 0 saturated carbocycles. The molecule has 0 aromatic heterocycles. The van der Waals surface area contributed by atoms with E-state index in [0.717, 1.165) is 29.4 Å². The first-order valence-electron chi connectivity index (χ1n) is 5.81. The Morgan fingerprint density at radius 3 is 3.00 bits per heavy atom. The van der Waals surface area contributed by atoms with Crippen LogP contribution in [-0.4, -0.2) is 35.1 Å². The monoisotopic (exact) mass is 297 g/mol. The fourth-order valence-corrected chi connectivity index (χ4v) is 2.56. The second kappa shape index (κ2) is 5.19. The van der Waals surface area contributed by atoms with E-state index in [9.17, 15) is 9.90 Å². The van der Waals surface area contributed by atoms with Crippen molar-refractivity contribution in [2.75, 3.05) is 13.2 Å². The summed E-state index contributed by atoms with van der Waals surface area (Å²) in [6, 6.07) is 5.61. The Hall–Kier alpha value is -0.870. The first-order valence-corrected chi connectivity index (χ1v) is 6.60. The van der Waals surface area contributed by atoms with Crippen LogP contribution in [0.25, 0.3) is 0 Å². The lowest BCUT2D eigenvalue weighted by atomic mass is 10.1. The predicted octanol–water partition coefficient (Wildman–Crippen LogP) is 2.35. The van der Waals surface area contributed by atoms with Gasteiger partial charge in [-0.2, -0.15) is 0 Å². The van der Waals surface area contributed by atoms with E-state index in [2.05, 4.69) is 15.9 Å². The van der Waals surface area contributed by atoms with Crippen LogP contribution in [0.2, 0.25) is 0 Å². The molecule has 0 bridgehead atoms. The highest BCUT2D eigenvalue weighted by atomic mass is 79.9. The lowest BCUT2D eigenvalue weighted by molar-refractivity contribution is 0.0677. The van der Waals surface area contributed by atoms with Crippen molar-refractivity contribution in [2.45, 2.75) is 25.8 Å². The van der Waals surface area contributed by atoms with Crippen molar-refractivity contribution in [3.8, 4) is 0 Å². The van der Waals surface area contributed by atoms with Crippen molar-refractivity contribution in [1.82, 2.24) is 4.90 Å². The van der Waals surface area contributed by atoms with Crippen molar-refractivity contribution in [3.05, 3.63) is 33.8 Å². The molecule has 1 heterocycles. The number of aliphatic hydroxyl groups is 1. The number of aliphatic hydroxyl groups excluding tert-OH is 1. The van der Waals surface area contributed by atoms with Gasteiger partial charge in [-0.05, 0) is 37.5 Å². The number of rotatable bonds is 2. The normalized spacial score (nSPS) is 19.7. The standard InChI is InChI=1S/C13H16BrNO2/c1-9-4-5-10(7-12(9)14)13(17)15-6-2-3-11(15)8-16/h4-5,7,11,16H,2-3,6,8H2,1H3. The van der Waals surface area contributed by atoms with Crippen molar-refractivity contribution in [1.29, 1.82) is 0 Å². The summed E-state index contributed by atoms with van der Waals surface area (Å²) >= 11 is 3.43. The molecule has 1 fully saturated rings. The molecule has 1 atom stereocenters. The number of carbonyl (C=O) groups excluding carboxylic acids is 1. The summed E-state index contributed by atoms with van der Waals surface area (Å²) in [6.07, 6.45) is 1.87. The van der Waals surface area contributed by atoms with Crippen LogP contribution >= 0.6 is 15.9 Å². The van der Waals surface area contributed by atoms with Gasteiger partial charge in [0.15, 0.2) is 0 Å². The number of amides is 1. The molecule has 1 aliphatic rings. The molecule has 1 aliphatic heterocycles. The third kappa shape index (κ3) is 2.53. The summed E-state index contributed by atoms with van der Waals surface area (Å²) in [5.41, 5.74) is 1.80. The third-order valence-electron chi connectivity index (χ3n) is 3.27. The van der Waals surface area contributed by atoms with Crippen molar-refractivity contribution >= 4 is 21.8 Å². The molecule has 1 saturated heterocycles. The Kier molecular flexibility index (Phi) is 3.84. The molecule has 4 heteroatoms. The smallest absolute Gasteiger partial charge is 0.254 e. The van der Waals surface area contributed by atoms with Crippen LogP contribution in [-0.2, 0) is 0 Å². The number of nitrogens with zero attached hydrogens (tertiary/aromatic N) is 1. The van der Waals surface area contributed by atoms with E-state index in [0.29, 0.717) is 5.56 Å². The summed E-state index contributed by atoms with van der Waals surface area (Å²) in [5, 5.41) is 9.23. The second-order valence-corrected chi connectivity index (χ2v) is 5.30. The van der Waals surface area contributed by atoms with E-state index in [1.807, 2.05) is 25.1 Å². The average Bonchev–Trinajstić information content (AvgIpc) is 2.80. The largest absolute Gasteiger partial charge is 0.394 e. The van der Waals surface area contributed by atoms with E-state index in [1.54, 1.807) is 4.90 Å². The van der Waals surface area contributed by atoms with Gasteiger partial charge in [-0.1, -0.05) is 22.0 Å². The van der Waals surface area contributed by atoms with Crippen LogP contribution < -0.4 is 0 Å². The van der Waals surface area contributed by atoms with E-state index < -0.39 is 0 Å². The molecule has 1 amide bonds. The first kappa shape index (κ1) is 12.6. The van der Waals surface area contributed by atoms with Crippen LogP contribution in [0, 0.1) is 6.92 Å². The van der Waals surface area contributed by atoms with Crippen LogP contribution in [0.15, 0.2) is 22.7 Å². The van der Waals surface area contributed by atoms with Crippen molar-refractivity contribution in [2.24, 2.45) is 0 Å². The van der Waals surface area contributed by atoms with Crippen LogP contribution in [0.1, 0.15) is 28.8 Å². The quantitative estimate of drug-likeness (QED) is 0.910. The van der Waals surface area contributed by atoms with Gasteiger partial charge >= 0.3 is 0 Å². The first-order chi connectivity index (χ1) is 8.13. The maximum absolute atomic E-state index is 12.3. The topological polar surface area (TPSA) is 40.5 Å². The molecule has 1 unspecified atom stereocenters. The van der Waals surface area contributed by atoms with Gasteiger partial charge in [0.25, 0.3) is 5.91 Å². The zero-order valence-corrected chi connectivity index (χ0v) is 11.4. The molecule has 92 valence electrons. The Morgan fingerprint density at radius 2 is 2.35 bits per heavy atom. The fourth-order valence-electron chi connectivity index (χ4n) is 2.18. The number of hydrogen-bond acceptors (Lipinski definition) is 2. The van der Waals surface area contributed by atoms with E-state index in [1.165, 1.54) is 0 Å². The van der Waals surface area contributed by atoms with Crippen molar-refractivity contribution < 1.29 is 9.90 Å². The fraction of sp³-hybridized carbons (Fsp3) is 0.462. The van der Waals surface area contributed by atoms with E-state index >= 15 is 0 Å². The second-order valence-electron chi connectivity index (χ2n) is 4.44. The summed E-state index contributed by atoms with van der Waals surface area (Å²) in [4.78, 5) is 14.0. The summed E-state index contributed by atoms with van der Waals surface area (Å²) in [7, 11) is 0. The minimum atomic E-state index is -0.0115. The Morgan fingerprint density at radius 1 is 1.59 bits per heavy atom. The summed E-state index contributed by atoms with van der Waals surface area (Å²) < 4.78 is 0.947. The maximum atomic E-state index is 12.3. The van der Waals surface area contributed by atoms with Gasteiger partial charge in [-0.25, -0.2) is 0 Å². The van der Waals surface area contributed by atoms with Gasteiger partial charge in [0.1, 0.15) is 0 Å². The number of aryl methyl sites for hydroxylation is 1. The molecule has 3 nitrogen and oxygen atoms in total. The molecule has 0 aliphatic carbocycles. The van der Waals surface area contributed by atoms with Crippen LogP contribution in [0.5, 0.6) is 0 Å². The highest BCUT2D eigenvalue weighted by Gasteiger charge is 2.28. The molecule has 1 aromatic carbocycles. The van der Waals surface area contributed by atoms with Crippen LogP contribution in [0.4, 0.5) is 0 Å². The lowest BCUT2D eigenvalue weighted by Crippen LogP contribution is -2.37. The van der Waals surface area contributed by atoms with E-state index in [4.69, 9.17) is 0 Å². The zero-order chi connectivity index (χ0) is 12.4. The minimum Gasteiger partial charge on any atom is -0.394 e. The zero-order valence-electron chi connectivity index (χ0n) is 9.82. The number of halogens is 1. The van der Waals surface area contributed by atoms with Gasteiger partial charge in [0.05, 0.1) is 12.6 Å². The molecule has 2 rings (SSSR count). The molecule has 17 heavy (non-hydrogen) atoms. The van der Waals surface area contributed by atoms with Gasteiger partial charge in [0, 0.05) is 16.6 Å². The number of likely N-dealkylation sites (tertiary alicyclic amines) is 1. The molecule has 0 spiro atoms. The Bertz CT molecular complexity index is 433. The van der Waals surface area contributed by atoms with Gasteiger partial charge in [-0.3, -0.25) is 4.79 Å². The third-order valence-corrected chi connectivity index (χ3v) is 4.12. The minimum absolute atomic E-state index is 0.0115. The number of hydrogen-bond donors (Lipinski definition) is 1. The van der Waals surface area contributed by atoms with Gasteiger partial charge < -0.3 is 10.0 Å². The molecule has 1 N–H and O–H groups in total. The Balaban J connectivity index is 2.21. The SMILES string of the molecule is Cc1ccc(C(=O)N2CCCC2CO)cc1Br. The highest BCUT2D eigenvalue weighted by molar-refractivity contribution is 9.10. The van der Waals surface area contributed by atoms with Crippen molar-refractivity contribution in [3.63, 3.8) is 0 Å². The highest BCUT2D eigenvalue weighted by Crippen LogP contribution is 2.23. The number of carbonyl (C=O) groups is 1. The predicted molar refractivity (Wildman–Crippen MR) is 70.0 cm³/mol. The lowest BCUT2D eigenvalue weighted by Gasteiger charge is -2.23. The summed E-state index contributed by atoms with van der Waals surface area (Å²) in [5.74, 6) is 0.0160. The van der Waals surface area contributed by atoms with E-state index in [-0.39, 0.29) is 18.6 Å². The number of benzene rings is 1. The summed E-state index contributed by atoms with van der Waals surface area (Å²) in [6.45, 7) is 2.79. The van der Waals surface area contributed by atoms with Gasteiger partial charge in [0.2, 0.25) is 0 Å². The molecular weight excluding hydrogens is 282 g/mol. The Labute approximate surface area is 110 Å². The molecule has 1 aromatic rings. The van der Waals surface area contributed by atoms with Gasteiger partial charge in [-0.15, -0.1) is 0 Å². The maximum Gasteiger partial charge on any atom is 0.254 e. The molecular formula is C13H16BrNO2.